The number of likely N-dealkylation sites (tertiary alicyclic amines) is 1. The summed E-state index contributed by atoms with van der Waals surface area (Å²) >= 11 is 0. The van der Waals surface area contributed by atoms with E-state index in [0.717, 1.165) is 52.4 Å². The Morgan fingerprint density at radius 3 is 2.48 bits per heavy atom. The molecule has 3 aliphatic heterocycles. The van der Waals surface area contributed by atoms with Crippen LogP contribution in [0.2, 0.25) is 0 Å². The molecule has 5 nitrogen and oxygen atoms in total. The first-order chi connectivity index (χ1) is 12.2. The molecule has 0 saturated carbocycles. The number of carbonyl (C=O) groups is 1. The summed E-state index contributed by atoms with van der Waals surface area (Å²) in [5, 5.41) is 3.52. The molecule has 3 fully saturated rings. The molecule has 0 bridgehead atoms. The lowest BCUT2D eigenvalue weighted by Crippen LogP contribution is -2.45. The maximum atomic E-state index is 13.0. The number of piperazine rings is 1. The lowest BCUT2D eigenvalue weighted by atomic mass is 9.89. The topological polar surface area (TPSA) is 38.8 Å². The Labute approximate surface area is 175 Å². The molecule has 4 rings (SSSR count). The molecule has 0 aliphatic carbocycles. The summed E-state index contributed by atoms with van der Waals surface area (Å²) in [7, 11) is 2.17. The van der Waals surface area contributed by atoms with Gasteiger partial charge in [0, 0.05) is 64.7 Å². The van der Waals surface area contributed by atoms with Crippen molar-refractivity contribution in [1.82, 2.24) is 20.0 Å². The zero-order valence-electron chi connectivity index (χ0n) is 16.0. The first kappa shape index (κ1) is 22.4. The normalized spacial score (nSPS) is 28.3. The summed E-state index contributed by atoms with van der Waals surface area (Å²) in [6, 6.07) is 10.9. The molecule has 3 heterocycles. The van der Waals surface area contributed by atoms with Gasteiger partial charge in [-0.25, -0.2) is 0 Å². The highest BCUT2D eigenvalue weighted by Crippen LogP contribution is 2.42. The monoisotopic (exact) mass is 414 g/mol. The smallest absolute Gasteiger partial charge is 0.224 e. The van der Waals surface area contributed by atoms with Gasteiger partial charge in [0.1, 0.15) is 0 Å². The van der Waals surface area contributed by atoms with E-state index in [0.29, 0.717) is 24.2 Å². The third kappa shape index (κ3) is 4.96. The summed E-state index contributed by atoms with van der Waals surface area (Å²) in [5.74, 6) is 1.51. The SMILES string of the molecule is CN1CCN(CCC(=O)N2C[C@@H]3CNC[C@@H]3[C@@H]2c2ccccc2)CC1.Cl.Cl. The highest BCUT2D eigenvalue weighted by atomic mass is 35.5. The van der Waals surface area contributed by atoms with Crippen LogP contribution in [0.1, 0.15) is 18.0 Å². The Kier molecular flexibility index (Phi) is 8.38. The van der Waals surface area contributed by atoms with Crippen LogP contribution >= 0.6 is 24.8 Å². The molecule has 0 aromatic heterocycles. The molecule has 0 spiro atoms. The minimum atomic E-state index is 0. The molecule has 3 saturated heterocycles. The fourth-order valence-electron chi connectivity index (χ4n) is 4.72. The van der Waals surface area contributed by atoms with E-state index in [9.17, 15) is 4.79 Å². The van der Waals surface area contributed by atoms with Crippen molar-refractivity contribution in [2.24, 2.45) is 11.8 Å². The van der Waals surface area contributed by atoms with Crippen molar-refractivity contribution in [3.05, 3.63) is 35.9 Å². The average molecular weight is 415 g/mol. The fourth-order valence-corrected chi connectivity index (χ4v) is 4.72. The maximum Gasteiger partial charge on any atom is 0.224 e. The quantitative estimate of drug-likeness (QED) is 0.816. The summed E-state index contributed by atoms with van der Waals surface area (Å²) < 4.78 is 0. The number of amides is 1. The minimum Gasteiger partial charge on any atom is -0.335 e. The molecule has 1 aromatic rings. The van der Waals surface area contributed by atoms with Crippen LogP contribution in [0, 0.1) is 11.8 Å². The summed E-state index contributed by atoms with van der Waals surface area (Å²) in [4.78, 5) is 20.0. The molecule has 1 N–H and O–H groups in total. The Hall–Kier alpha value is -0.850. The molecular weight excluding hydrogens is 383 g/mol. The van der Waals surface area contributed by atoms with E-state index in [4.69, 9.17) is 0 Å². The Bertz CT molecular complexity index is 595. The molecule has 1 aromatic carbocycles. The van der Waals surface area contributed by atoms with Gasteiger partial charge in [0.2, 0.25) is 5.91 Å². The molecule has 3 aliphatic rings. The number of nitrogens with zero attached hydrogens (tertiary/aromatic N) is 3. The van der Waals surface area contributed by atoms with Gasteiger partial charge in [-0.2, -0.15) is 0 Å². The number of fused-ring (bicyclic) bond motifs is 1. The van der Waals surface area contributed by atoms with Crippen LogP contribution < -0.4 is 5.32 Å². The Morgan fingerprint density at radius 1 is 1.07 bits per heavy atom. The molecule has 27 heavy (non-hydrogen) atoms. The molecule has 3 atom stereocenters. The zero-order valence-corrected chi connectivity index (χ0v) is 17.7. The van der Waals surface area contributed by atoms with Crippen LogP contribution in [-0.4, -0.2) is 80.0 Å². The average Bonchev–Trinajstić information content (AvgIpc) is 3.22. The van der Waals surface area contributed by atoms with Crippen LogP contribution in [0.25, 0.3) is 0 Å². The van der Waals surface area contributed by atoms with Crippen LogP contribution in [0.15, 0.2) is 30.3 Å². The number of likely N-dealkylation sites (N-methyl/N-ethyl adjacent to an activating group) is 1. The highest BCUT2D eigenvalue weighted by molar-refractivity contribution is 5.85. The molecular formula is C20H32Cl2N4O. The second kappa shape index (κ2) is 10.1. The standard InChI is InChI=1S/C20H30N4O.2ClH/c1-22-9-11-23(12-10-22)8-7-19(25)24-15-17-13-21-14-18(17)20(24)16-5-3-2-4-6-16;;/h2-6,17-18,20-21H,7-15H2,1H3;2*1H/t17-,18-,20-;;/m0../s1. The number of hydrogen-bond donors (Lipinski definition) is 1. The lowest BCUT2D eigenvalue weighted by molar-refractivity contribution is -0.133. The van der Waals surface area contributed by atoms with Gasteiger partial charge >= 0.3 is 0 Å². The van der Waals surface area contributed by atoms with Gasteiger partial charge in [0.15, 0.2) is 0 Å². The first-order valence-corrected chi connectivity index (χ1v) is 9.68. The number of halogens is 2. The minimum absolute atomic E-state index is 0. The summed E-state index contributed by atoms with van der Waals surface area (Å²) in [6.07, 6.45) is 0.653. The van der Waals surface area contributed by atoms with Gasteiger partial charge < -0.3 is 20.0 Å². The summed E-state index contributed by atoms with van der Waals surface area (Å²) in [5.41, 5.74) is 1.30. The summed E-state index contributed by atoms with van der Waals surface area (Å²) in [6.45, 7) is 8.29. The second-order valence-corrected chi connectivity index (χ2v) is 7.88. The van der Waals surface area contributed by atoms with Gasteiger partial charge in [-0.05, 0) is 18.5 Å². The van der Waals surface area contributed by atoms with Gasteiger partial charge in [-0.15, -0.1) is 24.8 Å². The molecule has 1 amide bonds. The van der Waals surface area contributed by atoms with E-state index in [2.05, 4.69) is 57.4 Å². The third-order valence-corrected chi connectivity index (χ3v) is 6.26. The van der Waals surface area contributed by atoms with Gasteiger partial charge in [-0.3, -0.25) is 4.79 Å². The number of carbonyl (C=O) groups excluding carboxylic acids is 1. The second-order valence-electron chi connectivity index (χ2n) is 7.88. The number of benzene rings is 1. The molecule has 7 heteroatoms. The largest absolute Gasteiger partial charge is 0.335 e. The third-order valence-electron chi connectivity index (χ3n) is 6.26. The van der Waals surface area contributed by atoms with E-state index in [1.807, 2.05) is 0 Å². The van der Waals surface area contributed by atoms with E-state index in [1.54, 1.807) is 0 Å². The van der Waals surface area contributed by atoms with Gasteiger partial charge in [0.25, 0.3) is 0 Å². The van der Waals surface area contributed by atoms with Crippen molar-refractivity contribution in [3.8, 4) is 0 Å². The lowest BCUT2D eigenvalue weighted by Gasteiger charge is -2.33. The van der Waals surface area contributed by atoms with E-state index >= 15 is 0 Å². The van der Waals surface area contributed by atoms with Crippen molar-refractivity contribution in [1.29, 1.82) is 0 Å². The molecule has 0 unspecified atom stereocenters. The van der Waals surface area contributed by atoms with E-state index < -0.39 is 0 Å². The molecule has 0 radical (unpaired) electrons. The predicted octanol–water partition coefficient (Wildman–Crippen LogP) is 1.89. The van der Waals surface area contributed by atoms with Crippen molar-refractivity contribution >= 4 is 30.7 Å². The van der Waals surface area contributed by atoms with Crippen molar-refractivity contribution in [3.63, 3.8) is 0 Å². The Balaban J connectivity index is 0.00000131. The van der Waals surface area contributed by atoms with Crippen LogP contribution in [0.5, 0.6) is 0 Å². The maximum absolute atomic E-state index is 13.0. The van der Waals surface area contributed by atoms with Crippen LogP contribution in [-0.2, 0) is 4.79 Å². The number of rotatable bonds is 4. The first-order valence-electron chi connectivity index (χ1n) is 9.68. The van der Waals surface area contributed by atoms with Crippen LogP contribution in [0.4, 0.5) is 0 Å². The predicted molar refractivity (Wildman–Crippen MR) is 114 cm³/mol. The van der Waals surface area contributed by atoms with Gasteiger partial charge in [0.05, 0.1) is 6.04 Å². The number of nitrogens with one attached hydrogen (secondary N) is 1. The molecule has 152 valence electrons. The highest BCUT2D eigenvalue weighted by Gasteiger charge is 2.46. The van der Waals surface area contributed by atoms with Crippen molar-refractivity contribution < 1.29 is 4.79 Å². The zero-order chi connectivity index (χ0) is 17.2. The van der Waals surface area contributed by atoms with Gasteiger partial charge in [-0.1, -0.05) is 30.3 Å². The van der Waals surface area contributed by atoms with E-state index in [1.165, 1.54) is 5.56 Å². The Morgan fingerprint density at radius 2 is 1.78 bits per heavy atom. The van der Waals surface area contributed by atoms with Crippen LogP contribution in [0.3, 0.4) is 0 Å². The van der Waals surface area contributed by atoms with Crippen molar-refractivity contribution in [2.45, 2.75) is 12.5 Å². The number of hydrogen-bond acceptors (Lipinski definition) is 4. The van der Waals surface area contributed by atoms with Crippen molar-refractivity contribution in [2.75, 3.05) is 59.4 Å². The van der Waals surface area contributed by atoms with E-state index in [-0.39, 0.29) is 30.9 Å². The fraction of sp³-hybridized carbons (Fsp3) is 0.650.